The molecular formula is C25H25N3O3S. The van der Waals surface area contributed by atoms with Gasteiger partial charge in [0.1, 0.15) is 5.82 Å². The van der Waals surface area contributed by atoms with Gasteiger partial charge in [-0.25, -0.2) is 9.78 Å². The molecule has 3 heterocycles. The third kappa shape index (κ3) is 3.88. The van der Waals surface area contributed by atoms with Crippen LogP contribution in [0.15, 0.2) is 48.7 Å². The van der Waals surface area contributed by atoms with E-state index in [0.717, 1.165) is 23.5 Å². The SMILES string of the molecule is CCOC(=O)c1ccc(N2CCN(C(=O)c3cc4c(s3)-c3ccccc3CC4)CC2)nc1. The van der Waals surface area contributed by atoms with Gasteiger partial charge < -0.3 is 14.5 Å². The number of aryl methyl sites for hydroxylation is 2. The number of carbonyl (C=O) groups excluding carboxylic acids is 2. The number of ether oxygens (including phenoxy) is 1. The first-order valence-corrected chi connectivity index (χ1v) is 11.8. The van der Waals surface area contributed by atoms with Crippen molar-refractivity contribution in [3.63, 3.8) is 0 Å². The normalized spacial score (nSPS) is 15.2. The number of piperazine rings is 1. The van der Waals surface area contributed by atoms with E-state index in [2.05, 4.69) is 40.2 Å². The van der Waals surface area contributed by atoms with E-state index < -0.39 is 0 Å². The van der Waals surface area contributed by atoms with Crippen molar-refractivity contribution in [1.82, 2.24) is 9.88 Å². The van der Waals surface area contributed by atoms with E-state index in [0.29, 0.717) is 38.3 Å². The van der Waals surface area contributed by atoms with Crippen molar-refractivity contribution < 1.29 is 14.3 Å². The van der Waals surface area contributed by atoms with Gasteiger partial charge in [0.15, 0.2) is 0 Å². The number of pyridine rings is 1. The van der Waals surface area contributed by atoms with Crippen molar-refractivity contribution in [2.75, 3.05) is 37.7 Å². The standard InChI is InChI=1S/C25H25N3O3S/c1-2-31-25(30)19-9-10-22(26-16-19)27-11-13-28(14-12-27)24(29)21-15-18-8-7-17-5-3-4-6-20(17)23(18)32-21/h3-6,9-10,15-16H,2,7-8,11-14H2,1H3. The van der Waals surface area contributed by atoms with Crippen LogP contribution < -0.4 is 4.90 Å². The highest BCUT2D eigenvalue weighted by Crippen LogP contribution is 2.39. The van der Waals surface area contributed by atoms with E-state index in [-0.39, 0.29) is 11.9 Å². The van der Waals surface area contributed by atoms with Gasteiger partial charge >= 0.3 is 5.97 Å². The molecule has 0 radical (unpaired) electrons. The summed E-state index contributed by atoms with van der Waals surface area (Å²) in [5.74, 6) is 0.573. The number of anilines is 1. The molecule has 164 valence electrons. The smallest absolute Gasteiger partial charge is 0.339 e. The Bertz CT molecular complexity index is 1150. The number of nitrogens with zero attached hydrogens (tertiary/aromatic N) is 3. The van der Waals surface area contributed by atoms with Crippen molar-refractivity contribution in [3.8, 4) is 10.4 Å². The summed E-state index contributed by atoms with van der Waals surface area (Å²) in [6, 6.07) is 14.2. The first kappa shape index (κ1) is 20.7. The van der Waals surface area contributed by atoms with Gasteiger partial charge in [-0.05, 0) is 54.7 Å². The van der Waals surface area contributed by atoms with Gasteiger partial charge in [-0.3, -0.25) is 4.79 Å². The van der Waals surface area contributed by atoms with Crippen molar-refractivity contribution >= 4 is 29.0 Å². The molecule has 1 aliphatic heterocycles. The summed E-state index contributed by atoms with van der Waals surface area (Å²) in [5, 5.41) is 0. The molecule has 3 aromatic rings. The molecule has 0 atom stereocenters. The lowest BCUT2D eigenvalue weighted by molar-refractivity contribution is 0.0525. The Hall–Kier alpha value is -3.19. The first-order chi connectivity index (χ1) is 15.6. The van der Waals surface area contributed by atoms with E-state index in [4.69, 9.17) is 4.74 Å². The summed E-state index contributed by atoms with van der Waals surface area (Å²) in [4.78, 5) is 35.6. The lowest BCUT2D eigenvalue weighted by Crippen LogP contribution is -2.48. The van der Waals surface area contributed by atoms with Crippen molar-refractivity contribution in [3.05, 3.63) is 70.2 Å². The van der Waals surface area contributed by atoms with Gasteiger partial charge in [-0.2, -0.15) is 0 Å². The van der Waals surface area contributed by atoms with Gasteiger partial charge in [0.2, 0.25) is 0 Å². The Morgan fingerprint density at radius 2 is 1.81 bits per heavy atom. The van der Waals surface area contributed by atoms with Gasteiger partial charge in [-0.15, -0.1) is 11.3 Å². The fourth-order valence-electron chi connectivity index (χ4n) is 4.38. The van der Waals surface area contributed by atoms with Crippen molar-refractivity contribution in [2.24, 2.45) is 0 Å². The summed E-state index contributed by atoms with van der Waals surface area (Å²) in [6.45, 7) is 4.86. The molecule has 1 amide bonds. The Morgan fingerprint density at radius 3 is 2.56 bits per heavy atom. The second-order valence-electron chi connectivity index (χ2n) is 8.03. The van der Waals surface area contributed by atoms with Gasteiger partial charge in [0, 0.05) is 37.3 Å². The van der Waals surface area contributed by atoms with E-state index in [1.54, 1.807) is 30.5 Å². The zero-order chi connectivity index (χ0) is 22.1. The number of hydrogen-bond donors (Lipinski definition) is 0. The largest absolute Gasteiger partial charge is 0.462 e. The van der Waals surface area contributed by atoms with Gasteiger partial charge in [-0.1, -0.05) is 24.3 Å². The van der Waals surface area contributed by atoms with Crippen LogP contribution in [-0.2, 0) is 17.6 Å². The van der Waals surface area contributed by atoms with Crippen LogP contribution in [0.2, 0.25) is 0 Å². The predicted molar refractivity (Wildman–Crippen MR) is 125 cm³/mol. The predicted octanol–water partition coefficient (Wildman–Crippen LogP) is 4.05. The Balaban J connectivity index is 1.24. The fourth-order valence-corrected chi connectivity index (χ4v) is 5.62. The molecule has 7 heteroatoms. The number of esters is 1. The number of amides is 1. The second kappa shape index (κ2) is 8.74. The Labute approximate surface area is 191 Å². The molecule has 2 aromatic heterocycles. The molecule has 1 aromatic carbocycles. The fraction of sp³-hybridized carbons (Fsp3) is 0.320. The molecule has 0 bridgehead atoms. The summed E-state index contributed by atoms with van der Waals surface area (Å²) >= 11 is 1.62. The maximum atomic E-state index is 13.2. The number of aromatic nitrogens is 1. The lowest BCUT2D eigenvalue weighted by Gasteiger charge is -2.35. The van der Waals surface area contributed by atoms with Crippen molar-refractivity contribution in [1.29, 1.82) is 0 Å². The van der Waals surface area contributed by atoms with Crippen LogP contribution in [0.25, 0.3) is 10.4 Å². The minimum atomic E-state index is -0.358. The summed E-state index contributed by atoms with van der Waals surface area (Å²) in [6.07, 6.45) is 3.59. The topological polar surface area (TPSA) is 62.7 Å². The zero-order valence-electron chi connectivity index (χ0n) is 18.0. The number of fused-ring (bicyclic) bond motifs is 3. The summed E-state index contributed by atoms with van der Waals surface area (Å²) < 4.78 is 5.01. The minimum absolute atomic E-state index is 0.118. The quantitative estimate of drug-likeness (QED) is 0.565. The van der Waals surface area contributed by atoms with Crippen LogP contribution in [0.1, 0.15) is 38.1 Å². The van der Waals surface area contributed by atoms with E-state index in [1.807, 2.05) is 11.0 Å². The average Bonchev–Trinajstić information content (AvgIpc) is 3.29. The molecule has 0 N–H and O–H groups in total. The number of hydrogen-bond acceptors (Lipinski definition) is 6. The Kier molecular flexibility index (Phi) is 5.66. The molecule has 32 heavy (non-hydrogen) atoms. The number of benzene rings is 1. The molecule has 1 saturated heterocycles. The molecule has 2 aliphatic rings. The minimum Gasteiger partial charge on any atom is -0.462 e. The molecule has 5 rings (SSSR count). The highest BCUT2D eigenvalue weighted by Gasteiger charge is 2.27. The molecule has 0 saturated carbocycles. The maximum Gasteiger partial charge on any atom is 0.339 e. The maximum absolute atomic E-state index is 13.2. The van der Waals surface area contributed by atoms with E-state index in [1.165, 1.54) is 21.6 Å². The molecular weight excluding hydrogens is 422 g/mol. The van der Waals surface area contributed by atoms with E-state index >= 15 is 0 Å². The first-order valence-electron chi connectivity index (χ1n) is 11.0. The van der Waals surface area contributed by atoms with Crippen LogP contribution in [0, 0.1) is 0 Å². The van der Waals surface area contributed by atoms with Crippen LogP contribution in [-0.4, -0.2) is 54.5 Å². The third-order valence-electron chi connectivity index (χ3n) is 6.10. The van der Waals surface area contributed by atoms with Crippen LogP contribution >= 0.6 is 11.3 Å². The number of carbonyl (C=O) groups is 2. The summed E-state index contributed by atoms with van der Waals surface area (Å²) in [7, 11) is 0. The third-order valence-corrected chi connectivity index (χ3v) is 7.29. The van der Waals surface area contributed by atoms with Crippen LogP contribution in [0.3, 0.4) is 0 Å². The molecule has 1 aliphatic carbocycles. The highest BCUT2D eigenvalue weighted by molar-refractivity contribution is 7.17. The highest BCUT2D eigenvalue weighted by atomic mass is 32.1. The Morgan fingerprint density at radius 1 is 1.03 bits per heavy atom. The number of thiophene rings is 1. The molecule has 0 unspecified atom stereocenters. The number of rotatable bonds is 4. The molecule has 0 spiro atoms. The summed E-state index contributed by atoms with van der Waals surface area (Å²) in [5.41, 5.74) is 4.39. The second-order valence-corrected chi connectivity index (χ2v) is 9.08. The van der Waals surface area contributed by atoms with E-state index in [9.17, 15) is 9.59 Å². The average molecular weight is 448 g/mol. The monoisotopic (exact) mass is 447 g/mol. The molecule has 6 nitrogen and oxygen atoms in total. The van der Waals surface area contributed by atoms with Crippen LogP contribution in [0.5, 0.6) is 0 Å². The molecule has 1 fully saturated rings. The van der Waals surface area contributed by atoms with Crippen LogP contribution in [0.4, 0.5) is 5.82 Å². The zero-order valence-corrected chi connectivity index (χ0v) is 18.9. The lowest BCUT2D eigenvalue weighted by atomic mass is 9.91. The van der Waals surface area contributed by atoms with Gasteiger partial charge in [0.05, 0.1) is 17.0 Å². The van der Waals surface area contributed by atoms with Crippen molar-refractivity contribution in [2.45, 2.75) is 19.8 Å². The van der Waals surface area contributed by atoms with Gasteiger partial charge in [0.25, 0.3) is 5.91 Å².